The van der Waals surface area contributed by atoms with E-state index in [1.54, 1.807) is 24.3 Å². The number of ketones is 2. The summed E-state index contributed by atoms with van der Waals surface area (Å²) in [6.07, 6.45) is 3.07. The number of benzene rings is 2. The maximum atomic E-state index is 13.1. The number of hydrogen-bond acceptors (Lipinski definition) is 8. The highest BCUT2D eigenvalue weighted by atomic mass is 32.2. The van der Waals surface area contributed by atoms with Crippen LogP contribution in [-0.4, -0.2) is 44.1 Å². The van der Waals surface area contributed by atoms with Crippen LogP contribution in [0.3, 0.4) is 0 Å². The van der Waals surface area contributed by atoms with E-state index in [9.17, 15) is 19.2 Å². The molecule has 1 unspecified atom stereocenters. The molecule has 0 fully saturated rings. The van der Waals surface area contributed by atoms with Crippen LogP contribution in [0.1, 0.15) is 26.4 Å². The molecule has 0 saturated heterocycles. The fourth-order valence-electron chi connectivity index (χ4n) is 4.03. The molecule has 0 saturated carbocycles. The molecule has 3 N–H and O–H groups in total. The number of aromatic nitrogens is 3. The number of nitrogens with zero attached hydrogens (tertiary/aromatic N) is 2. The van der Waals surface area contributed by atoms with Gasteiger partial charge in [0.2, 0.25) is 11.8 Å². The Labute approximate surface area is 207 Å². The molecular weight excluding hydrogens is 486 g/mol. The van der Waals surface area contributed by atoms with E-state index >= 15 is 0 Å². The smallest absolute Gasteiger partial charge is 0.248 e. The molecule has 0 aliphatic heterocycles. The van der Waals surface area contributed by atoms with E-state index in [2.05, 4.69) is 25.8 Å². The lowest BCUT2D eigenvalue weighted by Crippen LogP contribution is -2.48. The number of fused-ring (bicyclic) bond motifs is 2. The van der Waals surface area contributed by atoms with Gasteiger partial charge >= 0.3 is 0 Å². The van der Waals surface area contributed by atoms with E-state index in [1.807, 2.05) is 24.3 Å². The molecule has 2 aromatic heterocycles. The van der Waals surface area contributed by atoms with Gasteiger partial charge in [-0.25, -0.2) is 9.97 Å². The number of H-pyrrole nitrogens is 1. The van der Waals surface area contributed by atoms with Crippen molar-refractivity contribution in [3.05, 3.63) is 77.9 Å². The van der Waals surface area contributed by atoms with E-state index in [0.717, 1.165) is 14.6 Å². The number of thiazole rings is 1. The molecule has 11 heteroatoms. The minimum atomic E-state index is -1.18. The van der Waals surface area contributed by atoms with Gasteiger partial charge in [0.25, 0.3) is 0 Å². The fraction of sp³-hybridized carbons (Fsp3) is 0.167. The Hall–Kier alpha value is -3.83. The zero-order valence-electron chi connectivity index (χ0n) is 18.2. The first-order chi connectivity index (χ1) is 17.0. The second-order valence-corrected chi connectivity index (χ2v) is 10.2. The van der Waals surface area contributed by atoms with Gasteiger partial charge in [-0.2, -0.15) is 0 Å². The summed E-state index contributed by atoms with van der Waals surface area (Å²) in [5.74, 6) is -4.03. The number of aromatic amines is 1. The Bertz CT molecular complexity index is 1360. The molecule has 5 rings (SSSR count). The fourth-order valence-corrected chi connectivity index (χ4v) is 5.90. The number of imidazole rings is 1. The van der Waals surface area contributed by atoms with Gasteiger partial charge in [-0.1, -0.05) is 48.2 Å². The highest BCUT2D eigenvalue weighted by Crippen LogP contribution is 2.33. The summed E-state index contributed by atoms with van der Waals surface area (Å²) in [6, 6.07) is 14.2. The van der Waals surface area contributed by atoms with Gasteiger partial charge in [0, 0.05) is 29.4 Å². The first-order valence-electron chi connectivity index (χ1n) is 10.7. The molecule has 2 heterocycles. The molecule has 1 aliphatic rings. The lowest BCUT2D eigenvalue weighted by molar-refractivity contribution is -0.130. The van der Waals surface area contributed by atoms with Crippen molar-refractivity contribution in [2.45, 2.75) is 10.8 Å². The third kappa shape index (κ3) is 4.73. The molecule has 1 aliphatic carbocycles. The maximum absolute atomic E-state index is 13.1. The quantitative estimate of drug-likeness (QED) is 0.200. The second kappa shape index (κ2) is 9.80. The largest absolute Gasteiger partial charge is 0.348 e. The Morgan fingerprint density at radius 3 is 2.43 bits per heavy atom. The average molecular weight is 506 g/mol. The van der Waals surface area contributed by atoms with Crippen LogP contribution >= 0.6 is 23.1 Å². The number of hydrazine groups is 1. The molecule has 0 radical (unpaired) electrons. The normalized spacial score (nSPS) is 14.2. The van der Waals surface area contributed by atoms with E-state index < -0.39 is 35.2 Å². The molecule has 0 spiro atoms. The van der Waals surface area contributed by atoms with Crippen LogP contribution in [0.2, 0.25) is 0 Å². The van der Waals surface area contributed by atoms with Gasteiger partial charge in [0.15, 0.2) is 15.9 Å². The number of thioether (sulfide) groups is 1. The van der Waals surface area contributed by atoms with Gasteiger partial charge < -0.3 is 4.98 Å². The summed E-state index contributed by atoms with van der Waals surface area (Å²) in [5, 5.41) is 0. The van der Waals surface area contributed by atoms with Gasteiger partial charge in [0.1, 0.15) is 0 Å². The second-order valence-electron chi connectivity index (χ2n) is 7.91. The highest BCUT2D eigenvalue weighted by molar-refractivity contribution is 8.01. The Morgan fingerprint density at radius 2 is 1.74 bits per heavy atom. The molecular formula is C24H19N5O4S2. The maximum Gasteiger partial charge on any atom is 0.248 e. The van der Waals surface area contributed by atoms with Crippen LogP contribution < -0.4 is 10.9 Å². The number of nitrogens with one attached hydrogen (secondary N) is 3. The molecule has 9 nitrogen and oxygen atoms in total. The van der Waals surface area contributed by atoms with Crippen LogP contribution in [0.4, 0.5) is 0 Å². The summed E-state index contributed by atoms with van der Waals surface area (Å²) in [7, 11) is 0. The summed E-state index contributed by atoms with van der Waals surface area (Å²) in [5.41, 5.74) is 6.86. The average Bonchev–Trinajstić information content (AvgIpc) is 3.59. The van der Waals surface area contributed by atoms with Crippen LogP contribution in [0.25, 0.3) is 10.2 Å². The van der Waals surface area contributed by atoms with Crippen LogP contribution in [0.15, 0.2) is 65.4 Å². The van der Waals surface area contributed by atoms with Gasteiger partial charge in [0.05, 0.1) is 34.1 Å². The molecule has 4 aromatic rings. The minimum absolute atomic E-state index is 0.0397. The SMILES string of the molecule is O=C(CSc1nc2ccccc2s1)NNC(=O)C(Cc1cnc[nH]1)C1C(=O)c2ccccc2C1=O. The molecule has 2 amide bonds. The van der Waals surface area contributed by atoms with Crippen molar-refractivity contribution in [1.82, 2.24) is 25.8 Å². The van der Waals surface area contributed by atoms with Gasteiger partial charge in [-0.15, -0.1) is 11.3 Å². The van der Waals surface area contributed by atoms with Crippen molar-refractivity contribution in [3.63, 3.8) is 0 Å². The number of Topliss-reactive ketones (excluding diaryl/α,β-unsaturated/α-hetero) is 2. The molecule has 2 aromatic carbocycles. The predicted octanol–water partition coefficient (Wildman–Crippen LogP) is 2.81. The van der Waals surface area contributed by atoms with E-state index in [4.69, 9.17) is 0 Å². The minimum Gasteiger partial charge on any atom is -0.348 e. The Kier molecular flexibility index (Phi) is 6.43. The predicted molar refractivity (Wildman–Crippen MR) is 131 cm³/mol. The Morgan fingerprint density at radius 1 is 1.03 bits per heavy atom. The lowest BCUT2D eigenvalue weighted by atomic mass is 9.84. The zero-order chi connectivity index (χ0) is 24.4. The van der Waals surface area contributed by atoms with Crippen LogP contribution in [0.5, 0.6) is 0 Å². The van der Waals surface area contributed by atoms with Crippen molar-refractivity contribution in [2.24, 2.45) is 11.8 Å². The first-order valence-corrected chi connectivity index (χ1v) is 12.5. The molecule has 1 atom stereocenters. The standard InChI is InChI=1S/C24H19N5O4S2/c30-19(11-34-24-27-17-7-3-4-8-18(17)35-24)28-29-23(33)16(9-13-10-25-12-26-13)20-21(31)14-5-1-2-6-15(14)22(20)32/h1-8,10,12,16,20H,9,11H2,(H,25,26)(H,28,30)(H,29,33). The number of carbonyl (C=O) groups excluding carboxylic acids is 4. The van der Waals surface area contributed by atoms with Crippen molar-refractivity contribution >= 4 is 56.7 Å². The Balaban J connectivity index is 1.25. The van der Waals surface area contributed by atoms with Crippen LogP contribution in [0, 0.1) is 11.8 Å². The first kappa shape index (κ1) is 22.9. The number of para-hydroxylation sites is 1. The molecule has 176 valence electrons. The van der Waals surface area contributed by atoms with Crippen LogP contribution in [-0.2, 0) is 16.0 Å². The topological polar surface area (TPSA) is 134 Å². The zero-order valence-corrected chi connectivity index (χ0v) is 19.8. The van der Waals surface area contributed by atoms with Crippen molar-refractivity contribution in [1.29, 1.82) is 0 Å². The molecule has 0 bridgehead atoms. The van der Waals surface area contributed by atoms with E-state index in [0.29, 0.717) is 16.8 Å². The van der Waals surface area contributed by atoms with Crippen molar-refractivity contribution in [2.75, 3.05) is 5.75 Å². The highest BCUT2D eigenvalue weighted by Gasteiger charge is 2.46. The number of hydrogen-bond donors (Lipinski definition) is 3. The van der Waals surface area contributed by atoms with E-state index in [1.165, 1.54) is 35.6 Å². The van der Waals surface area contributed by atoms with Gasteiger partial charge in [-0.05, 0) is 12.1 Å². The summed E-state index contributed by atoms with van der Waals surface area (Å²) < 4.78 is 1.77. The molecule has 35 heavy (non-hydrogen) atoms. The third-order valence-corrected chi connectivity index (χ3v) is 7.86. The number of carbonyl (C=O) groups is 4. The van der Waals surface area contributed by atoms with Crippen molar-refractivity contribution in [3.8, 4) is 0 Å². The summed E-state index contributed by atoms with van der Waals surface area (Å²) >= 11 is 2.74. The lowest BCUT2D eigenvalue weighted by Gasteiger charge is -2.20. The summed E-state index contributed by atoms with van der Waals surface area (Å²) in [4.78, 5) is 62.9. The number of amides is 2. The van der Waals surface area contributed by atoms with E-state index in [-0.39, 0.29) is 12.2 Å². The van der Waals surface area contributed by atoms with Crippen molar-refractivity contribution < 1.29 is 19.2 Å². The third-order valence-electron chi connectivity index (χ3n) is 5.68. The monoisotopic (exact) mass is 505 g/mol. The number of rotatable bonds is 7. The van der Waals surface area contributed by atoms with Gasteiger partial charge in [-0.3, -0.25) is 30.0 Å². The summed E-state index contributed by atoms with van der Waals surface area (Å²) in [6.45, 7) is 0.